The Morgan fingerprint density at radius 1 is 1.69 bits per heavy atom. The summed E-state index contributed by atoms with van der Waals surface area (Å²) >= 11 is 1.67. The van der Waals surface area contributed by atoms with E-state index in [1.165, 1.54) is 0 Å². The summed E-state index contributed by atoms with van der Waals surface area (Å²) in [4.78, 5) is 4.32. The zero-order chi connectivity index (χ0) is 9.68. The number of thiazole rings is 1. The molecular weight excluding hydrogens is 184 g/mol. The maximum absolute atomic E-state index is 9.00. The molecule has 1 heterocycles. The van der Waals surface area contributed by atoms with Gasteiger partial charge in [-0.15, -0.1) is 11.3 Å². The van der Waals surface area contributed by atoms with E-state index in [0.717, 1.165) is 30.2 Å². The van der Waals surface area contributed by atoms with Gasteiger partial charge in [-0.25, -0.2) is 4.98 Å². The van der Waals surface area contributed by atoms with Crippen molar-refractivity contribution in [1.82, 2.24) is 10.3 Å². The molecule has 0 spiro atoms. The van der Waals surface area contributed by atoms with E-state index in [4.69, 9.17) is 5.11 Å². The monoisotopic (exact) mass is 200 g/mol. The molecule has 0 aliphatic carbocycles. The number of rotatable bonds is 5. The molecule has 0 aliphatic rings. The van der Waals surface area contributed by atoms with Crippen molar-refractivity contribution in [2.75, 3.05) is 6.54 Å². The van der Waals surface area contributed by atoms with Crippen LogP contribution in [0.3, 0.4) is 0 Å². The zero-order valence-electron chi connectivity index (χ0n) is 8.08. The van der Waals surface area contributed by atoms with Crippen LogP contribution in [0, 0.1) is 6.92 Å². The summed E-state index contributed by atoms with van der Waals surface area (Å²) in [5.74, 6) is 0. The maximum atomic E-state index is 9.00. The molecule has 0 fully saturated rings. The van der Waals surface area contributed by atoms with Crippen molar-refractivity contribution in [1.29, 1.82) is 0 Å². The van der Waals surface area contributed by atoms with Crippen LogP contribution in [0.2, 0.25) is 0 Å². The van der Waals surface area contributed by atoms with Crippen LogP contribution in [0.15, 0.2) is 5.38 Å². The first-order valence-corrected chi connectivity index (χ1v) is 5.36. The number of hydrogen-bond acceptors (Lipinski definition) is 4. The number of aliphatic hydroxyl groups excluding tert-OH is 1. The van der Waals surface area contributed by atoms with Crippen molar-refractivity contribution in [3.63, 3.8) is 0 Å². The molecule has 4 heteroatoms. The summed E-state index contributed by atoms with van der Waals surface area (Å²) < 4.78 is 0. The predicted molar refractivity (Wildman–Crippen MR) is 54.9 cm³/mol. The van der Waals surface area contributed by atoms with Crippen molar-refractivity contribution < 1.29 is 5.11 Å². The second-order valence-electron chi connectivity index (χ2n) is 3.20. The molecule has 1 aromatic heterocycles. The van der Waals surface area contributed by atoms with Crippen LogP contribution in [0.4, 0.5) is 0 Å². The largest absolute Gasteiger partial charge is 0.393 e. The Hall–Kier alpha value is -0.450. The Bertz CT molecular complexity index is 248. The van der Waals surface area contributed by atoms with Crippen LogP contribution in [-0.2, 0) is 6.54 Å². The second kappa shape index (κ2) is 5.32. The first-order chi connectivity index (χ1) is 6.18. The summed E-state index contributed by atoms with van der Waals surface area (Å²) in [6, 6.07) is 0. The molecule has 0 aromatic carbocycles. The van der Waals surface area contributed by atoms with Gasteiger partial charge in [0, 0.05) is 17.6 Å². The van der Waals surface area contributed by atoms with Crippen molar-refractivity contribution in [3.8, 4) is 0 Å². The van der Waals surface area contributed by atoms with Gasteiger partial charge in [0.05, 0.1) is 6.10 Å². The number of aryl methyl sites for hydroxylation is 1. The van der Waals surface area contributed by atoms with Crippen molar-refractivity contribution in [2.45, 2.75) is 32.9 Å². The lowest BCUT2D eigenvalue weighted by Crippen LogP contribution is -2.18. The Balaban J connectivity index is 2.13. The topological polar surface area (TPSA) is 45.1 Å². The highest BCUT2D eigenvalue weighted by molar-refractivity contribution is 7.09. The molecule has 3 nitrogen and oxygen atoms in total. The van der Waals surface area contributed by atoms with Crippen LogP contribution < -0.4 is 5.32 Å². The highest BCUT2D eigenvalue weighted by Gasteiger charge is 1.98. The van der Waals surface area contributed by atoms with Gasteiger partial charge in [-0.2, -0.15) is 0 Å². The van der Waals surface area contributed by atoms with E-state index in [2.05, 4.69) is 10.3 Å². The standard InChI is InChI=1S/C9H16N2OS/c1-7-6-13-9(11-7)5-10-4-3-8(2)12/h6,8,10,12H,3-5H2,1-2H3. The molecule has 1 aromatic rings. The van der Waals surface area contributed by atoms with E-state index < -0.39 is 0 Å². The number of nitrogens with one attached hydrogen (secondary N) is 1. The van der Waals surface area contributed by atoms with Crippen LogP contribution in [-0.4, -0.2) is 22.7 Å². The van der Waals surface area contributed by atoms with Crippen LogP contribution in [0.1, 0.15) is 24.0 Å². The van der Waals surface area contributed by atoms with Crippen LogP contribution in [0.25, 0.3) is 0 Å². The summed E-state index contributed by atoms with van der Waals surface area (Å²) in [5.41, 5.74) is 1.08. The Labute approximate surface area is 82.8 Å². The summed E-state index contributed by atoms with van der Waals surface area (Å²) in [7, 11) is 0. The molecule has 0 saturated carbocycles. The summed E-state index contributed by atoms with van der Waals surface area (Å²) in [5, 5.41) is 15.4. The van der Waals surface area contributed by atoms with Gasteiger partial charge >= 0.3 is 0 Å². The number of nitrogens with zero attached hydrogens (tertiary/aromatic N) is 1. The molecule has 13 heavy (non-hydrogen) atoms. The quantitative estimate of drug-likeness (QED) is 0.704. The van der Waals surface area contributed by atoms with Gasteiger partial charge in [-0.1, -0.05) is 0 Å². The second-order valence-corrected chi connectivity index (χ2v) is 4.14. The van der Waals surface area contributed by atoms with Gasteiger partial charge in [0.1, 0.15) is 5.01 Å². The van der Waals surface area contributed by atoms with Gasteiger partial charge in [-0.05, 0) is 26.8 Å². The van der Waals surface area contributed by atoms with Gasteiger partial charge in [0.15, 0.2) is 0 Å². The van der Waals surface area contributed by atoms with E-state index >= 15 is 0 Å². The van der Waals surface area contributed by atoms with Crippen molar-refractivity contribution in [3.05, 3.63) is 16.1 Å². The molecule has 0 amide bonds. The van der Waals surface area contributed by atoms with E-state index in [1.54, 1.807) is 18.3 Å². The third kappa shape index (κ3) is 4.36. The summed E-state index contributed by atoms with van der Waals surface area (Å²) in [6.07, 6.45) is 0.579. The molecule has 1 atom stereocenters. The molecule has 1 rings (SSSR count). The molecule has 2 N–H and O–H groups in total. The van der Waals surface area contributed by atoms with E-state index in [0.29, 0.717) is 0 Å². The fourth-order valence-corrected chi connectivity index (χ4v) is 1.73. The number of aromatic nitrogens is 1. The minimum Gasteiger partial charge on any atom is -0.393 e. The van der Waals surface area contributed by atoms with E-state index in [9.17, 15) is 0 Å². The van der Waals surface area contributed by atoms with Gasteiger partial charge in [0.2, 0.25) is 0 Å². The van der Waals surface area contributed by atoms with Crippen LogP contribution >= 0.6 is 11.3 Å². The Morgan fingerprint density at radius 3 is 3.00 bits per heavy atom. The Kier molecular flexibility index (Phi) is 4.35. The zero-order valence-corrected chi connectivity index (χ0v) is 8.90. The van der Waals surface area contributed by atoms with E-state index in [1.807, 2.05) is 12.3 Å². The van der Waals surface area contributed by atoms with Gasteiger partial charge in [0.25, 0.3) is 0 Å². The third-order valence-corrected chi connectivity index (χ3v) is 2.65. The fraction of sp³-hybridized carbons (Fsp3) is 0.667. The smallest absolute Gasteiger partial charge is 0.107 e. The molecule has 74 valence electrons. The molecular formula is C9H16N2OS. The molecule has 0 radical (unpaired) electrons. The molecule has 0 aliphatic heterocycles. The minimum atomic E-state index is -0.217. The van der Waals surface area contributed by atoms with E-state index in [-0.39, 0.29) is 6.10 Å². The maximum Gasteiger partial charge on any atom is 0.107 e. The first-order valence-electron chi connectivity index (χ1n) is 4.48. The van der Waals surface area contributed by atoms with Crippen LogP contribution in [0.5, 0.6) is 0 Å². The number of aliphatic hydroxyl groups is 1. The van der Waals surface area contributed by atoms with Crippen molar-refractivity contribution in [2.24, 2.45) is 0 Å². The molecule has 0 saturated heterocycles. The molecule has 0 bridgehead atoms. The SMILES string of the molecule is Cc1csc(CNCCC(C)O)n1. The highest BCUT2D eigenvalue weighted by Crippen LogP contribution is 2.07. The predicted octanol–water partition coefficient (Wildman–Crippen LogP) is 1.31. The fourth-order valence-electron chi connectivity index (χ4n) is 0.990. The lowest BCUT2D eigenvalue weighted by molar-refractivity contribution is 0.183. The highest BCUT2D eigenvalue weighted by atomic mass is 32.1. The number of hydrogen-bond donors (Lipinski definition) is 2. The average molecular weight is 200 g/mol. The molecule has 1 unspecified atom stereocenters. The van der Waals surface area contributed by atoms with Gasteiger partial charge in [-0.3, -0.25) is 0 Å². The Morgan fingerprint density at radius 2 is 2.46 bits per heavy atom. The lowest BCUT2D eigenvalue weighted by atomic mass is 10.3. The normalized spacial score (nSPS) is 13.2. The van der Waals surface area contributed by atoms with Crippen molar-refractivity contribution >= 4 is 11.3 Å². The first kappa shape index (κ1) is 10.6. The lowest BCUT2D eigenvalue weighted by Gasteiger charge is -2.04. The summed E-state index contributed by atoms with van der Waals surface area (Å²) in [6.45, 7) is 5.45. The third-order valence-electron chi connectivity index (χ3n) is 1.68. The van der Waals surface area contributed by atoms with Gasteiger partial charge < -0.3 is 10.4 Å². The average Bonchev–Trinajstić information content (AvgIpc) is 2.45. The minimum absolute atomic E-state index is 0.217.